The molecule has 2 aliphatic rings. The Morgan fingerprint density at radius 1 is 1.27 bits per heavy atom. The number of ketones is 1. The van der Waals surface area contributed by atoms with Crippen LogP contribution in [0.15, 0.2) is 11.6 Å². The maximum Gasteiger partial charge on any atom is 0.158 e. The van der Waals surface area contributed by atoms with E-state index in [4.69, 9.17) is 0 Å². The second kappa shape index (κ2) is 2.80. The van der Waals surface area contributed by atoms with Crippen LogP contribution >= 0.6 is 0 Å². The van der Waals surface area contributed by atoms with Gasteiger partial charge in [-0.2, -0.15) is 0 Å². The van der Waals surface area contributed by atoms with Gasteiger partial charge in [0.1, 0.15) is 0 Å². The molecule has 0 spiro atoms. The minimum atomic E-state index is 0.431. The van der Waals surface area contributed by atoms with Crippen LogP contribution in [0.5, 0.6) is 0 Å². The van der Waals surface area contributed by atoms with Gasteiger partial charge in [0, 0.05) is 6.42 Å². The molecule has 0 radical (unpaired) electrons. The SMILES string of the molecule is O=C1CCC[C@@H]2CCCC=C12. The number of hydrogen-bond donors (Lipinski definition) is 0. The second-order valence-electron chi connectivity index (χ2n) is 3.60. The zero-order chi connectivity index (χ0) is 7.68. The van der Waals surface area contributed by atoms with E-state index in [2.05, 4.69) is 6.08 Å². The fourth-order valence-electron chi connectivity index (χ4n) is 2.24. The Morgan fingerprint density at radius 2 is 2.09 bits per heavy atom. The van der Waals surface area contributed by atoms with E-state index in [1.165, 1.54) is 24.8 Å². The van der Waals surface area contributed by atoms with E-state index in [9.17, 15) is 4.79 Å². The Balaban J connectivity index is 2.21. The third-order valence-electron chi connectivity index (χ3n) is 2.84. The Labute approximate surface area is 67.5 Å². The summed E-state index contributed by atoms with van der Waals surface area (Å²) in [6.45, 7) is 0. The van der Waals surface area contributed by atoms with Gasteiger partial charge < -0.3 is 0 Å². The summed E-state index contributed by atoms with van der Waals surface area (Å²) in [5, 5.41) is 0. The first-order chi connectivity index (χ1) is 5.38. The summed E-state index contributed by atoms with van der Waals surface area (Å²) in [6, 6.07) is 0. The quantitative estimate of drug-likeness (QED) is 0.518. The normalized spacial score (nSPS) is 31.1. The number of hydrogen-bond acceptors (Lipinski definition) is 1. The molecule has 0 aliphatic heterocycles. The summed E-state index contributed by atoms with van der Waals surface area (Å²) in [5.74, 6) is 1.07. The van der Waals surface area contributed by atoms with E-state index in [-0.39, 0.29) is 0 Å². The zero-order valence-corrected chi connectivity index (χ0v) is 6.81. The van der Waals surface area contributed by atoms with Crippen molar-refractivity contribution in [2.75, 3.05) is 0 Å². The largest absolute Gasteiger partial charge is 0.295 e. The van der Waals surface area contributed by atoms with Gasteiger partial charge in [0.15, 0.2) is 5.78 Å². The lowest BCUT2D eigenvalue weighted by molar-refractivity contribution is -0.117. The number of fused-ring (bicyclic) bond motifs is 1. The predicted octanol–water partition coefficient (Wildman–Crippen LogP) is 2.47. The standard InChI is InChI=1S/C10H14O/c11-10-7-3-5-8-4-1-2-6-9(8)10/h6,8H,1-5,7H2/t8-/m0/s1. The fraction of sp³-hybridized carbons (Fsp3) is 0.700. The molecule has 0 bridgehead atoms. The molecular formula is C10H14O. The van der Waals surface area contributed by atoms with Crippen LogP contribution in [0.2, 0.25) is 0 Å². The first-order valence-corrected chi connectivity index (χ1v) is 4.61. The molecule has 0 aromatic carbocycles. The first kappa shape index (κ1) is 7.08. The monoisotopic (exact) mass is 150 g/mol. The summed E-state index contributed by atoms with van der Waals surface area (Å²) < 4.78 is 0. The highest BCUT2D eigenvalue weighted by atomic mass is 16.1. The van der Waals surface area contributed by atoms with Crippen molar-refractivity contribution in [3.8, 4) is 0 Å². The molecule has 1 fully saturated rings. The Kier molecular flexibility index (Phi) is 1.80. The molecule has 1 saturated carbocycles. The summed E-state index contributed by atoms with van der Waals surface area (Å²) in [6.07, 6.45) is 9.06. The van der Waals surface area contributed by atoms with Crippen LogP contribution in [0.4, 0.5) is 0 Å². The van der Waals surface area contributed by atoms with E-state index >= 15 is 0 Å². The van der Waals surface area contributed by atoms with E-state index in [1.54, 1.807) is 0 Å². The van der Waals surface area contributed by atoms with Crippen molar-refractivity contribution in [2.45, 2.75) is 38.5 Å². The number of rotatable bonds is 0. The highest BCUT2D eigenvalue weighted by Gasteiger charge is 2.26. The molecule has 0 saturated heterocycles. The summed E-state index contributed by atoms with van der Waals surface area (Å²) in [7, 11) is 0. The number of carbonyl (C=O) groups is 1. The molecule has 0 aromatic rings. The van der Waals surface area contributed by atoms with E-state index in [0.717, 1.165) is 19.3 Å². The summed E-state index contributed by atoms with van der Waals surface area (Å²) >= 11 is 0. The maximum atomic E-state index is 11.4. The molecule has 1 heteroatoms. The van der Waals surface area contributed by atoms with Crippen molar-refractivity contribution in [2.24, 2.45) is 5.92 Å². The highest BCUT2D eigenvalue weighted by Crippen LogP contribution is 2.34. The van der Waals surface area contributed by atoms with Crippen molar-refractivity contribution in [3.05, 3.63) is 11.6 Å². The lowest BCUT2D eigenvalue weighted by Gasteiger charge is -2.27. The minimum Gasteiger partial charge on any atom is -0.295 e. The molecule has 11 heavy (non-hydrogen) atoms. The average molecular weight is 150 g/mol. The fourth-order valence-corrected chi connectivity index (χ4v) is 2.24. The van der Waals surface area contributed by atoms with Crippen molar-refractivity contribution in [1.29, 1.82) is 0 Å². The smallest absolute Gasteiger partial charge is 0.158 e. The van der Waals surface area contributed by atoms with Gasteiger partial charge in [0.25, 0.3) is 0 Å². The van der Waals surface area contributed by atoms with E-state index in [1.807, 2.05) is 0 Å². The van der Waals surface area contributed by atoms with Crippen LogP contribution in [0.3, 0.4) is 0 Å². The van der Waals surface area contributed by atoms with Gasteiger partial charge >= 0.3 is 0 Å². The molecule has 2 rings (SSSR count). The van der Waals surface area contributed by atoms with Crippen LogP contribution in [-0.2, 0) is 4.79 Å². The highest BCUT2D eigenvalue weighted by molar-refractivity contribution is 5.96. The van der Waals surface area contributed by atoms with Crippen molar-refractivity contribution < 1.29 is 4.79 Å². The van der Waals surface area contributed by atoms with Crippen LogP contribution in [0.1, 0.15) is 38.5 Å². The van der Waals surface area contributed by atoms with Crippen LogP contribution < -0.4 is 0 Å². The van der Waals surface area contributed by atoms with E-state index < -0.39 is 0 Å². The zero-order valence-electron chi connectivity index (χ0n) is 6.81. The minimum absolute atomic E-state index is 0.431. The van der Waals surface area contributed by atoms with Gasteiger partial charge in [-0.3, -0.25) is 4.79 Å². The predicted molar refractivity (Wildman–Crippen MR) is 44.3 cm³/mol. The van der Waals surface area contributed by atoms with Gasteiger partial charge in [-0.25, -0.2) is 0 Å². The maximum absolute atomic E-state index is 11.4. The number of allylic oxidation sites excluding steroid dienone is 2. The third kappa shape index (κ3) is 1.24. The second-order valence-corrected chi connectivity index (χ2v) is 3.60. The first-order valence-electron chi connectivity index (χ1n) is 4.61. The lowest BCUT2D eigenvalue weighted by atomic mass is 9.77. The summed E-state index contributed by atoms with van der Waals surface area (Å²) in [5.41, 5.74) is 1.17. The van der Waals surface area contributed by atoms with Crippen molar-refractivity contribution in [3.63, 3.8) is 0 Å². The van der Waals surface area contributed by atoms with E-state index in [0.29, 0.717) is 11.7 Å². The lowest BCUT2D eigenvalue weighted by Crippen LogP contribution is -2.21. The van der Waals surface area contributed by atoms with Crippen molar-refractivity contribution in [1.82, 2.24) is 0 Å². The van der Waals surface area contributed by atoms with Crippen LogP contribution in [0.25, 0.3) is 0 Å². The Morgan fingerprint density at radius 3 is 2.91 bits per heavy atom. The molecule has 1 atom stereocenters. The molecule has 1 nitrogen and oxygen atoms in total. The summed E-state index contributed by atoms with van der Waals surface area (Å²) in [4.78, 5) is 11.4. The molecule has 0 aromatic heterocycles. The average Bonchev–Trinajstić information content (AvgIpc) is 2.06. The Bertz CT molecular complexity index is 203. The molecule has 0 unspecified atom stereocenters. The molecule has 2 aliphatic carbocycles. The van der Waals surface area contributed by atoms with Gasteiger partial charge in [0.2, 0.25) is 0 Å². The molecule has 0 heterocycles. The van der Waals surface area contributed by atoms with Gasteiger partial charge in [-0.1, -0.05) is 6.08 Å². The topological polar surface area (TPSA) is 17.1 Å². The van der Waals surface area contributed by atoms with Crippen LogP contribution in [-0.4, -0.2) is 5.78 Å². The molecule has 60 valence electrons. The molecule has 0 amide bonds. The van der Waals surface area contributed by atoms with Crippen LogP contribution in [0, 0.1) is 5.92 Å². The van der Waals surface area contributed by atoms with Crippen molar-refractivity contribution >= 4 is 5.78 Å². The Hall–Kier alpha value is -0.590. The van der Waals surface area contributed by atoms with Gasteiger partial charge in [-0.05, 0) is 43.6 Å². The molecule has 0 N–H and O–H groups in total. The third-order valence-corrected chi connectivity index (χ3v) is 2.84. The number of carbonyl (C=O) groups excluding carboxylic acids is 1. The molecular weight excluding hydrogens is 136 g/mol. The van der Waals surface area contributed by atoms with Gasteiger partial charge in [-0.15, -0.1) is 0 Å². The van der Waals surface area contributed by atoms with Gasteiger partial charge in [0.05, 0.1) is 0 Å². The number of Topliss-reactive ketones (excluding diaryl/α,β-unsaturated/α-hetero) is 1.